The molecule has 1 aromatic rings. The topological polar surface area (TPSA) is 72.9 Å². The van der Waals surface area contributed by atoms with Gasteiger partial charge in [0, 0.05) is 0 Å². The van der Waals surface area contributed by atoms with Crippen molar-refractivity contribution in [2.24, 2.45) is 5.92 Å². The molecule has 0 spiro atoms. The van der Waals surface area contributed by atoms with Crippen molar-refractivity contribution in [3.8, 4) is 0 Å². The maximum Gasteiger partial charge on any atom is 0.340 e. The summed E-state index contributed by atoms with van der Waals surface area (Å²) in [6.07, 6.45) is 0. The van der Waals surface area contributed by atoms with Crippen LogP contribution in [-0.2, 0) is 14.4 Å². The van der Waals surface area contributed by atoms with Crippen molar-refractivity contribution in [3.63, 3.8) is 0 Å². The van der Waals surface area contributed by atoms with Gasteiger partial charge in [0.15, 0.2) is 0 Å². The fourth-order valence-electron chi connectivity index (χ4n) is 1.79. The Labute approximate surface area is 102 Å². The zero-order valence-electron chi connectivity index (χ0n) is 9.29. The summed E-state index contributed by atoms with van der Waals surface area (Å²) in [4.78, 5) is 40.1. The molecule has 0 saturated carbocycles. The molecule has 1 fully saturated rings. The Balaban J connectivity index is 1.81. The predicted octanol–water partition coefficient (Wildman–Crippen LogP) is 0.387. The van der Waals surface area contributed by atoms with Crippen LogP contribution in [0.3, 0.4) is 0 Å². The van der Waals surface area contributed by atoms with Crippen LogP contribution in [0.5, 0.6) is 0 Å². The second-order valence-corrected chi connectivity index (χ2v) is 4.09. The molecule has 0 unspecified atom stereocenters. The minimum Gasteiger partial charge on any atom is -0.379 e. The van der Waals surface area contributed by atoms with Crippen molar-refractivity contribution in [3.05, 3.63) is 35.4 Å². The Morgan fingerprint density at radius 1 is 1.17 bits per heavy atom. The van der Waals surface area contributed by atoms with Crippen molar-refractivity contribution in [1.82, 2.24) is 5.06 Å². The molecule has 2 aliphatic rings. The van der Waals surface area contributed by atoms with Crippen molar-refractivity contribution in [2.75, 3.05) is 13.2 Å². The Morgan fingerprint density at radius 3 is 2.17 bits per heavy atom. The fourth-order valence-corrected chi connectivity index (χ4v) is 1.79. The van der Waals surface area contributed by atoms with Crippen LogP contribution in [0, 0.1) is 5.92 Å². The molecule has 1 saturated heterocycles. The third-order valence-electron chi connectivity index (χ3n) is 2.91. The molecular formula is C12H9NO5. The average Bonchev–Trinajstić information content (AvgIpc) is 2.53. The highest BCUT2D eigenvalue weighted by molar-refractivity contribution is 6.20. The predicted molar refractivity (Wildman–Crippen MR) is 57.3 cm³/mol. The van der Waals surface area contributed by atoms with Gasteiger partial charge in [0.2, 0.25) is 0 Å². The molecule has 18 heavy (non-hydrogen) atoms. The first-order valence-electron chi connectivity index (χ1n) is 5.46. The second-order valence-electron chi connectivity index (χ2n) is 4.09. The van der Waals surface area contributed by atoms with Crippen LogP contribution < -0.4 is 0 Å². The van der Waals surface area contributed by atoms with E-state index >= 15 is 0 Å². The van der Waals surface area contributed by atoms with Crippen LogP contribution >= 0.6 is 0 Å². The SMILES string of the molecule is O=C(ON1C(=O)c2ccccc2C1=O)C1COC1. The van der Waals surface area contributed by atoms with Crippen LogP contribution in [0.15, 0.2) is 24.3 Å². The molecule has 0 atom stereocenters. The van der Waals surface area contributed by atoms with E-state index in [1.165, 1.54) is 12.1 Å². The van der Waals surface area contributed by atoms with E-state index in [9.17, 15) is 14.4 Å². The molecule has 92 valence electrons. The number of fused-ring (bicyclic) bond motifs is 1. The second kappa shape index (κ2) is 3.92. The first kappa shape index (κ1) is 10.9. The molecule has 0 N–H and O–H groups in total. The number of rotatable bonds is 2. The van der Waals surface area contributed by atoms with Gasteiger partial charge < -0.3 is 9.57 Å². The van der Waals surface area contributed by atoms with Gasteiger partial charge in [0.25, 0.3) is 11.8 Å². The minimum absolute atomic E-state index is 0.250. The fraction of sp³-hybridized carbons (Fsp3) is 0.250. The number of carbonyl (C=O) groups excluding carboxylic acids is 3. The molecule has 3 rings (SSSR count). The van der Waals surface area contributed by atoms with E-state index < -0.39 is 23.7 Å². The normalized spacial score (nSPS) is 18.6. The molecule has 0 radical (unpaired) electrons. The number of ether oxygens (including phenoxy) is 1. The molecule has 1 aromatic carbocycles. The zero-order chi connectivity index (χ0) is 12.7. The van der Waals surface area contributed by atoms with E-state index in [1.54, 1.807) is 12.1 Å². The number of hydroxylamine groups is 2. The van der Waals surface area contributed by atoms with Gasteiger partial charge in [-0.15, -0.1) is 0 Å². The Kier molecular flexibility index (Phi) is 2.38. The number of carbonyl (C=O) groups is 3. The van der Waals surface area contributed by atoms with E-state index in [0.29, 0.717) is 5.06 Å². The highest BCUT2D eigenvalue weighted by Crippen LogP contribution is 2.24. The zero-order valence-corrected chi connectivity index (χ0v) is 9.29. The minimum atomic E-state index is -0.615. The van der Waals surface area contributed by atoms with Gasteiger partial charge in [-0.1, -0.05) is 17.2 Å². The van der Waals surface area contributed by atoms with E-state index in [-0.39, 0.29) is 24.3 Å². The lowest BCUT2D eigenvalue weighted by Crippen LogP contribution is -2.41. The van der Waals surface area contributed by atoms with E-state index in [0.717, 1.165) is 0 Å². The lowest BCUT2D eigenvalue weighted by atomic mass is 10.1. The molecule has 2 amide bonds. The summed E-state index contributed by atoms with van der Waals surface area (Å²) in [7, 11) is 0. The third-order valence-corrected chi connectivity index (χ3v) is 2.91. The van der Waals surface area contributed by atoms with Gasteiger partial charge in [0.1, 0.15) is 5.92 Å². The molecule has 6 heteroatoms. The van der Waals surface area contributed by atoms with Gasteiger partial charge in [-0.3, -0.25) is 9.59 Å². The highest BCUT2D eigenvalue weighted by Gasteiger charge is 2.40. The van der Waals surface area contributed by atoms with Crippen molar-refractivity contribution >= 4 is 17.8 Å². The molecule has 0 aliphatic carbocycles. The van der Waals surface area contributed by atoms with E-state index in [4.69, 9.17) is 9.57 Å². The van der Waals surface area contributed by atoms with Crippen LogP contribution in [0.25, 0.3) is 0 Å². The van der Waals surface area contributed by atoms with Gasteiger partial charge >= 0.3 is 5.97 Å². The first-order valence-corrected chi connectivity index (χ1v) is 5.46. The number of nitrogens with zero attached hydrogens (tertiary/aromatic N) is 1. The maximum atomic E-state index is 11.9. The molecule has 2 heterocycles. The first-order chi connectivity index (χ1) is 8.68. The summed E-state index contributed by atoms with van der Waals surface area (Å²) < 4.78 is 4.85. The Bertz CT molecular complexity index is 514. The van der Waals surface area contributed by atoms with Crippen LogP contribution in [0.2, 0.25) is 0 Å². The monoisotopic (exact) mass is 247 g/mol. The van der Waals surface area contributed by atoms with Crippen molar-refractivity contribution in [2.45, 2.75) is 0 Å². The van der Waals surface area contributed by atoms with Crippen LogP contribution in [0.4, 0.5) is 0 Å². The largest absolute Gasteiger partial charge is 0.379 e. The Hall–Kier alpha value is -2.21. The highest BCUT2D eigenvalue weighted by atomic mass is 16.7. The van der Waals surface area contributed by atoms with E-state index in [2.05, 4.69) is 0 Å². The van der Waals surface area contributed by atoms with Gasteiger partial charge in [0.05, 0.1) is 24.3 Å². The summed E-state index contributed by atoms with van der Waals surface area (Å²) in [5.74, 6) is -2.22. The number of hydrogen-bond donors (Lipinski definition) is 0. The Morgan fingerprint density at radius 2 is 1.72 bits per heavy atom. The number of hydrogen-bond acceptors (Lipinski definition) is 5. The summed E-state index contributed by atoms with van der Waals surface area (Å²) >= 11 is 0. The smallest absolute Gasteiger partial charge is 0.340 e. The van der Waals surface area contributed by atoms with Gasteiger partial charge in [-0.25, -0.2) is 4.79 Å². The van der Waals surface area contributed by atoms with Crippen molar-refractivity contribution < 1.29 is 24.0 Å². The van der Waals surface area contributed by atoms with E-state index in [1.807, 2.05) is 0 Å². The molecule has 0 bridgehead atoms. The summed E-state index contributed by atoms with van der Waals surface area (Å²) in [6, 6.07) is 6.34. The molecule has 0 aromatic heterocycles. The number of imide groups is 1. The van der Waals surface area contributed by atoms with Crippen molar-refractivity contribution in [1.29, 1.82) is 0 Å². The van der Waals surface area contributed by atoms with Gasteiger partial charge in [-0.2, -0.15) is 0 Å². The standard InChI is InChI=1S/C12H9NO5/c14-10-8-3-1-2-4-9(8)11(15)13(10)18-12(16)7-5-17-6-7/h1-4,7H,5-6H2. The number of benzene rings is 1. The lowest BCUT2D eigenvalue weighted by Gasteiger charge is -2.25. The maximum absolute atomic E-state index is 11.9. The summed E-state index contributed by atoms with van der Waals surface area (Å²) in [6.45, 7) is 0.532. The number of amides is 2. The van der Waals surface area contributed by atoms with Gasteiger partial charge in [-0.05, 0) is 12.1 Å². The molecule has 2 aliphatic heterocycles. The quantitative estimate of drug-likeness (QED) is 0.707. The molecular weight excluding hydrogens is 238 g/mol. The lowest BCUT2D eigenvalue weighted by molar-refractivity contribution is -0.187. The molecule has 6 nitrogen and oxygen atoms in total. The van der Waals surface area contributed by atoms with Crippen LogP contribution in [-0.4, -0.2) is 36.1 Å². The average molecular weight is 247 g/mol. The summed E-state index contributed by atoms with van der Waals surface area (Å²) in [5.41, 5.74) is 0.500. The van der Waals surface area contributed by atoms with Crippen LogP contribution in [0.1, 0.15) is 20.7 Å². The third kappa shape index (κ3) is 1.50. The summed E-state index contributed by atoms with van der Waals surface area (Å²) in [5, 5.41) is 0.519.